The maximum absolute atomic E-state index is 13.4. The van der Waals surface area contributed by atoms with Gasteiger partial charge in [-0.1, -0.05) is 18.7 Å². The van der Waals surface area contributed by atoms with Crippen molar-refractivity contribution in [3.63, 3.8) is 0 Å². The first kappa shape index (κ1) is 18.4. The summed E-state index contributed by atoms with van der Waals surface area (Å²) in [5.74, 6) is -0.0960. The molecule has 0 spiro atoms. The molecule has 7 heteroatoms. The molecule has 1 saturated heterocycles. The van der Waals surface area contributed by atoms with E-state index < -0.39 is 15.1 Å². The van der Waals surface area contributed by atoms with Crippen molar-refractivity contribution in [3.8, 4) is 16.9 Å². The highest BCUT2D eigenvalue weighted by Gasteiger charge is 2.37. The van der Waals surface area contributed by atoms with Crippen molar-refractivity contribution < 1.29 is 18.3 Å². The summed E-state index contributed by atoms with van der Waals surface area (Å²) < 4.78 is 26.8. The summed E-state index contributed by atoms with van der Waals surface area (Å²) in [6.07, 6.45) is 3.23. The van der Waals surface area contributed by atoms with Gasteiger partial charge in [0.1, 0.15) is 5.75 Å². The van der Waals surface area contributed by atoms with Crippen LogP contribution in [0.15, 0.2) is 58.9 Å². The van der Waals surface area contributed by atoms with Crippen molar-refractivity contribution in [1.82, 2.24) is 4.90 Å². The zero-order valence-electron chi connectivity index (χ0n) is 15.2. The van der Waals surface area contributed by atoms with Gasteiger partial charge in [-0.15, -0.1) is 0 Å². The van der Waals surface area contributed by atoms with Crippen LogP contribution in [0.3, 0.4) is 0 Å². The first-order valence-corrected chi connectivity index (χ1v) is 10.6. The van der Waals surface area contributed by atoms with E-state index in [0.29, 0.717) is 25.1 Å². The van der Waals surface area contributed by atoms with E-state index in [1.165, 1.54) is 11.0 Å². The molecule has 1 amide bonds. The van der Waals surface area contributed by atoms with Crippen LogP contribution >= 0.6 is 0 Å². The van der Waals surface area contributed by atoms with Gasteiger partial charge < -0.3 is 10.0 Å². The normalized spacial score (nSPS) is 18.3. The Morgan fingerprint density at radius 1 is 1.21 bits per heavy atom. The van der Waals surface area contributed by atoms with Gasteiger partial charge in [-0.2, -0.15) is 0 Å². The summed E-state index contributed by atoms with van der Waals surface area (Å²) in [6.45, 7) is 4.49. The number of rotatable bonds is 4. The summed E-state index contributed by atoms with van der Waals surface area (Å²) in [5, 5.41) is 8.87. The Balaban J connectivity index is 1.76. The molecule has 4 rings (SSSR count). The molecule has 1 atom stereocenters. The van der Waals surface area contributed by atoms with Crippen LogP contribution in [0.25, 0.3) is 11.1 Å². The first-order valence-electron chi connectivity index (χ1n) is 9.01. The fraction of sp³-hybridized carbons (Fsp3) is 0.238. The molecular formula is C21H20N2O4S. The number of carbonyl (C=O) groups is 1. The molecule has 1 N–H and O–H groups in total. The van der Waals surface area contributed by atoms with Gasteiger partial charge in [0, 0.05) is 24.9 Å². The van der Waals surface area contributed by atoms with Gasteiger partial charge in [-0.3, -0.25) is 9.79 Å². The second-order valence-corrected chi connectivity index (χ2v) is 9.20. The van der Waals surface area contributed by atoms with Crippen molar-refractivity contribution >= 4 is 22.0 Å². The second-order valence-electron chi connectivity index (χ2n) is 7.01. The Hall–Kier alpha value is -2.93. The van der Waals surface area contributed by atoms with E-state index in [-0.39, 0.29) is 23.1 Å². The summed E-state index contributed by atoms with van der Waals surface area (Å²) >= 11 is 0. The molecule has 28 heavy (non-hydrogen) atoms. The van der Waals surface area contributed by atoms with Gasteiger partial charge in [0.05, 0.1) is 16.7 Å². The lowest BCUT2D eigenvalue weighted by molar-refractivity contribution is -0.124. The fourth-order valence-electron chi connectivity index (χ4n) is 3.74. The zero-order chi connectivity index (χ0) is 19.9. The van der Waals surface area contributed by atoms with Gasteiger partial charge in [-0.25, -0.2) is 8.42 Å². The van der Waals surface area contributed by atoms with Gasteiger partial charge in [0.15, 0.2) is 9.84 Å². The lowest BCUT2D eigenvalue weighted by Crippen LogP contribution is -2.31. The topological polar surface area (TPSA) is 87.0 Å². The van der Waals surface area contributed by atoms with Crippen molar-refractivity contribution in [1.29, 1.82) is 0 Å². The third kappa shape index (κ3) is 3.11. The molecule has 0 bridgehead atoms. The number of carbonyl (C=O) groups excluding carboxylic acids is 1. The van der Waals surface area contributed by atoms with Crippen LogP contribution < -0.4 is 0 Å². The number of nitrogens with zero attached hydrogens (tertiary/aromatic N) is 2. The number of hydrogen-bond donors (Lipinski definition) is 1. The minimum Gasteiger partial charge on any atom is -0.508 e. The van der Waals surface area contributed by atoms with Crippen molar-refractivity contribution in [2.45, 2.75) is 23.1 Å². The van der Waals surface area contributed by atoms with E-state index in [4.69, 9.17) is 0 Å². The molecule has 0 saturated carbocycles. The molecule has 1 fully saturated rings. The molecule has 144 valence electrons. The zero-order valence-corrected chi connectivity index (χ0v) is 16.0. The number of hydrogen-bond acceptors (Lipinski definition) is 5. The number of likely N-dealkylation sites (tertiary alicyclic amines) is 1. The van der Waals surface area contributed by atoms with E-state index in [9.17, 15) is 18.3 Å². The Labute approximate surface area is 163 Å². The van der Waals surface area contributed by atoms with Gasteiger partial charge in [0.2, 0.25) is 5.91 Å². The second kappa shape index (κ2) is 6.91. The predicted octanol–water partition coefficient (Wildman–Crippen LogP) is 2.55. The average Bonchev–Trinajstić information content (AvgIpc) is 3.36. The van der Waals surface area contributed by atoms with Crippen molar-refractivity contribution in [2.75, 3.05) is 13.1 Å². The lowest BCUT2D eigenvalue weighted by atomic mass is 10.0. The van der Waals surface area contributed by atoms with E-state index in [1.54, 1.807) is 36.5 Å². The maximum Gasteiger partial charge on any atom is 0.245 e. The van der Waals surface area contributed by atoms with E-state index >= 15 is 0 Å². The minimum absolute atomic E-state index is 0.152. The number of phenols is 1. The van der Waals surface area contributed by atoms with E-state index in [2.05, 4.69) is 11.6 Å². The van der Waals surface area contributed by atoms with Gasteiger partial charge in [-0.05, 0) is 53.5 Å². The maximum atomic E-state index is 13.4. The van der Waals surface area contributed by atoms with Crippen LogP contribution in [-0.4, -0.2) is 48.9 Å². The third-order valence-electron chi connectivity index (χ3n) is 5.29. The lowest BCUT2D eigenvalue weighted by Gasteiger charge is -2.17. The van der Waals surface area contributed by atoms with Crippen molar-refractivity contribution in [3.05, 3.63) is 60.2 Å². The number of benzene rings is 2. The number of sulfone groups is 1. The standard InChI is InChI=1S/C21H20N2O4S/c1-2-21(25)23-8-7-18(13-23)28(26,27)20-10-15(9-16-11-22-12-19(16)20)14-3-5-17(24)6-4-14/h2-6,9-10,12,18,24H,1,7-8,11,13H2/t18-/m0/s1. The van der Waals surface area contributed by atoms with Crippen LogP contribution in [0.5, 0.6) is 5.75 Å². The number of aliphatic imine (C=N–C) groups is 1. The highest BCUT2D eigenvalue weighted by atomic mass is 32.2. The van der Waals surface area contributed by atoms with Crippen LogP contribution in [0, 0.1) is 0 Å². The van der Waals surface area contributed by atoms with Crippen LogP contribution in [-0.2, 0) is 21.2 Å². The largest absolute Gasteiger partial charge is 0.508 e. The molecule has 2 aromatic rings. The highest BCUT2D eigenvalue weighted by Crippen LogP contribution is 2.34. The van der Waals surface area contributed by atoms with Crippen LogP contribution in [0.4, 0.5) is 0 Å². The average molecular weight is 396 g/mol. The predicted molar refractivity (Wildman–Crippen MR) is 107 cm³/mol. The Morgan fingerprint density at radius 3 is 2.68 bits per heavy atom. The number of fused-ring (bicyclic) bond motifs is 1. The minimum atomic E-state index is -3.65. The molecular weight excluding hydrogens is 376 g/mol. The molecule has 0 aliphatic carbocycles. The van der Waals surface area contributed by atoms with Crippen LogP contribution in [0.1, 0.15) is 17.5 Å². The smallest absolute Gasteiger partial charge is 0.245 e. The van der Waals surface area contributed by atoms with E-state index in [0.717, 1.165) is 16.7 Å². The molecule has 2 aromatic carbocycles. The number of phenolic OH excluding ortho intramolecular Hbond substituents is 1. The molecule has 2 aliphatic rings. The first-order chi connectivity index (χ1) is 13.4. The molecule has 0 aromatic heterocycles. The molecule has 0 radical (unpaired) electrons. The Bertz CT molecular complexity index is 1090. The third-order valence-corrected chi connectivity index (χ3v) is 7.50. The van der Waals surface area contributed by atoms with Crippen LogP contribution in [0.2, 0.25) is 0 Å². The monoisotopic (exact) mass is 396 g/mol. The molecule has 2 aliphatic heterocycles. The Morgan fingerprint density at radius 2 is 1.96 bits per heavy atom. The highest BCUT2D eigenvalue weighted by molar-refractivity contribution is 7.92. The number of aromatic hydroxyl groups is 1. The summed E-state index contributed by atoms with van der Waals surface area (Å²) in [6, 6.07) is 10.3. The van der Waals surface area contributed by atoms with Gasteiger partial charge in [0.25, 0.3) is 0 Å². The quantitative estimate of drug-likeness (QED) is 0.805. The summed E-state index contributed by atoms with van der Waals surface area (Å²) in [7, 11) is -3.65. The summed E-state index contributed by atoms with van der Waals surface area (Å²) in [5.41, 5.74) is 3.08. The van der Waals surface area contributed by atoms with E-state index in [1.807, 2.05) is 6.07 Å². The Kier molecular flexibility index (Phi) is 4.55. The molecule has 0 unspecified atom stereocenters. The molecule has 2 heterocycles. The van der Waals surface area contributed by atoms with Crippen molar-refractivity contribution in [2.24, 2.45) is 4.99 Å². The SMILES string of the molecule is C=CC(=O)N1CC[C@H](S(=O)(=O)c2cc(-c3ccc(O)cc3)cc3c2C=NC3)C1. The number of amides is 1. The summed E-state index contributed by atoms with van der Waals surface area (Å²) in [4.78, 5) is 17.9. The van der Waals surface area contributed by atoms with Gasteiger partial charge >= 0.3 is 0 Å². The molecule has 6 nitrogen and oxygen atoms in total. The fourth-order valence-corrected chi connectivity index (χ4v) is 5.68.